The highest BCUT2D eigenvalue weighted by Gasteiger charge is 2.37. The molecular formula is C16H28N4O5S. The van der Waals surface area contributed by atoms with E-state index < -0.39 is 42.5 Å². The molecule has 0 saturated carbocycles. The highest BCUT2D eigenvalue weighted by molar-refractivity contribution is 7.80. The molecule has 3 unspecified atom stereocenters. The molecule has 1 aliphatic rings. The lowest BCUT2D eigenvalue weighted by Crippen LogP contribution is -2.56. The van der Waals surface area contributed by atoms with Gasteiger partial charge in [0, 0.05) is 12.3 Å². The van der Waals surface area contributed by atoms with Crippen LogP contribution in [-0.2, 0) is 19.2 Å². The number of rotatable bonds is 9. The van der Waals surface area contributed by atoms with Gasteiger partial charge in [0.25, 0.3) is 0 Å². The van der Waals surface area contributed by atoms with Crippen LogP contribution in [-0.4, -0.2) is 70.7 Å². The third-order valence-electron chi connectivity index (χ3n) is 4.11. The predicted octanol–water partition coefficient (Wildman–Crippen LogP) is -1.03. The third kappa shape index (κ3) is 6.49. The normalized spacial score (nSPS) is 19.1. The molecule has 0 aromatic rings. The molecule has 0 aromatic carbocycles. The summed E-state index contributed by atoms with van der Waals surface area (Å²) in [7, 11) is 0. The van der Waals surface area contributed by atoms with Gasteiger partial charge in [-0.15, -0.1) is 0 Å². The van der Waals surface area contributed by atoms with E-state index >= 15 is 0 Å². The van der Waals surface area contributed by atoms with Crippen LogP contribution in [0.2, 0.25) is 0 Å². The smallest absolute Gasteiger partial charge is 0.322 e. The average Bonchev–Trinajstić information content (AvgIpc) is 3.05. The van der Waals surface area contributed by atoms with Gasteiger partial charge in [-0.2, -0.15) is 12.6 Å². The lowest BCUT2D eigenvalue weighted by Gasteiger charge is -2.28. The van der Waals surface area contributed by atoms with E-state index in [0.717, 1.165) is 0 Å². The van der Waals surface area contributed by atoms with Crippen molar-refractivity contribution in [2.45, 2.75) is 51.2 Å². The number of nitrogens with one attached hydrogen (secondary N) is 2. The van der Waals surface area contributed by atoms with Crippen molar-refractivity contribution in [3.8, 4) is 0 Å². The minimum atomic E-state index is -1.19. The number of thiol groups is 1. The van der Waals surface area contributed by atoms with E-state index in [4.69, 9.17) is 10.8 Å². The van der Waals surface area contributed by atoms with Crippen LogP contribution < -0.4 is 16.4 Å². The number of amides is 3. The summed E-state index contributed by atoms with van der Waals surface area (Å²) >= 11 is 4.03. The Labute approximate surface area is 158 Å². The topological polar surface area (TPSA) is 142 Å². The number of carboxylic acids is 1. The van der Waals surface area contributed by atoms with E-state index in [2.05, 4.69) is 23.3 Å². The number of aliphatic carboxylic acids is 1. The van der Waals surface area contributed by atoms with E-state index in [-0.39, 0.29) is 17.6 Å². The Balaban J connectivity index is 2.70. The molecular weight excluding hydrogens is 360 g/mol. The molecule has 1 heterocycles. The first-order valence-electron chi connectivity index (χ1n) is 8.64. The number of likely N-dealkylation sites (tertiary alicyclic amines) is 1. The van der Waals surface area contributed by atoms with Gasteiger partial charge in [-0.3, -0.25) is 19.2 Å². The van der Waals surface area contributed by atoms with Gasteiger partial charge in [0.2, 0.25) is 17.7 Å². The Morgan fingerprint density at radius 3 is 2.50 bits per heavy atom. The second-order valence-electron chi connectivity index (χ2n) is 6.78. The zero-order chi connectivity index (χ0) is 19.9. The first-order valence-corrected chi connectivity index (χ1v) is 9.27. The molecule has 1 saturated heterocycles. The first-order chi connectivity index (χ1) is 12.2. The summed E-state index contributed by atoms with van der Waals surface area (Å²) < 4.78 is 0. The second kappa shape index (κ2) is 10.4. The molecule has 3 atom stereocenters. The summed E-state index contributed by atoms with van der Waals surface area (Å²) in [6.07, 6.45) is 1.69. The molecule has 26 heavy (non-hydrogen) atoms. The van der Waals surface area contributed by atoms with Crippen LogP contribution in [0.3, 0.4) is 0 Å². The van der Waals surface area contributed by atoms with E-state index in [1.807, 2.05) is 13.8 Å². The fourth-order valence-electron chi connectivity index (χ4n) is 2.87. The summed E-state index contributed by atoms with van der Waals surface area (Å²) in [5.41, 5.74) is 5.95. The molecule has 0 radical (unpaired) electrons. The van der Waals surface area contributed by atoms with Crippen LogP contribution in [0.15, 0.2) is 0 Å². The number of nitrogens with zero attached hydrogens (tertiary/aromatic N) is 1. The Bertz CT molecular complexity index is 543. The van der Waals surface area contributed by atoms with Gasteiger partial charge in [0.05, 0.1) is 6.04 Å². The van der Waals surface area contributed by atoms with Gasteiger partial charge >= 0.3 is 5.97 Å². The Hall–Kier alpha value is -1.81. The molecule has 5 N–H and O–H groups in total. The zero-order valence-corrected chi connectivity index (χ0v) is 16.0. The Kier molecular flexibility index (Phi) is 8.86. The highest BCUT2D eigenvalue weighted by atomic mass is 32.1. The summed E-state index contributed by atoms with van der Waals surface area (Å²) in [6, 6.07) is -2.33. The summed E-state index contributed by atoms with van der Waals surface area (Å²) in [5.74, 6) is -2.29. The fraction of sp³-hybridized carbons (Fsp3) is 0.750. The number of carbonyl (C=O) groups excluding carboxylic acids is 3. The standard InChI is InChI=1S/C16H28N4O5S/c1-9(2)6-10(17)16(25)20-5-3-4-12(20)15(24)19-11(8-26)14(23)18-7-13(21)22/h9-12,26H,3-8,17H2,1-2H3,(H,18,23)(H,19,24)(H,21,22). The maximum Gasteiger partial charge on any atom is 0.322 e. The summed E-state index contributed by atoms with van der Waals surface area (Å²) in [5, 5.41) is 13.3. The SMILES string of the molecule is CC(C)CC(N)C(=O)N1CCCC1C(=O)NC(CS)C(=O)NCC(=O)O. The summed E-state index contributed by atoms with van der Waals surface area (Å²) in [4.78, 5) is 49.0. The molecule has 0 bridgehead atoms. The van der Waals surface area contributed by atoms with Crippen molar-refractivity contribution in [3.05, 3.63) is 0 Å². The third-order valence-corrected chi connectivity index (χ3v) is 4.48. The van der Waals surface area contributed by atoms with Crippen molar-refractivity contribution >= 4 is 36.3 Å². The zero-order valence-electron chi connectivity index (χ0n) is 15.1. The average molecular weight is 388 g/mol. The first kappa shape index (κ1) is 22.2. The van der Waals surface area contributed by atoms with Gasteiger partial charge < -0.3 is 26.4 Å². The number of hydrogen-bond acceptors (Lipinski definition) is 6. The van der Waals surface area contributed by atoms with Gasteiger partial charge in [-0.1, -0.05) is 13.8 Å². The van der Waals surface area contributed by atoms with Crippen LogP contribution >= 0.6 is 12.6 Å². The van der Waals surface area contributed by atoms with Crippen LogP contribution in [0.1, 0.15) is 33.1 Å². The number of carbonyl (C=O) groups is 4. The molecule has 1 aliphatic heterocycles. The number of hydrogen-bond donors (Lipinski definition) is 5. The van der Waals surface area contributed by atoms with E-state index in [0.29, 0.717) is 25.8 Å². The minimum Gasteiger partial charge on any atom is -0.480 e. The maximum atomic E-state index is 12.5. The molecule has 148 valence electrons. The van der Waals surface area contributed by atoms with Crippen LogP contribution in [0.5, 0.6) is 0 Å². The van der Waals surface area contributed by atoms with Crippen molar-refractivity contribution < 1.29 is 24.3 Å². The van der Waals surface area contributed by atoms with Gasteiger partial charge in [0.1, 0.15) is 18.6 Å². The van der Waals surface area contributed by atoms with E-state index in [1.54, 1.807) is 0 Å². The van der Waals surface area contributed by atoms with Crippen molar-refractivity contribution in [1.29, 1.82) is 0 Å². The van der Waals surface area contributed by atoms with Crippen molar-refractivity contribution in [1.82, 2.24) is 15.5 Å². The molecule has 0 spiro atoms. The Morgan fingerprint density at radius 1 is 1.31 bits per heavy atom. The molecule has 10 heteroatoms. The van der Waals surface area contributed by atoms with Crippen molar-refractivity contribution in [2.24, 2.45) is 11.7 Å². The highest BCUT2D eigenvalue weighted by Crippen LogP contribution is 2.20. The minimum absolute atomic E-state index is 0.00468. The Morgan fingerprint density at radius 2 is 1.96 bits per heavy atom. The molecule has 9 nitrogen and oxygen atoms in total. The largest absolute Gasteiger partial charge is 0.480 e. The van der Waals surface area contributed by atoms with E-state index in [1.165, 1.54) is 4.90 Å². The quantitative estimate of drug-likeness (QED) is 0.320. The lowest BCUT2D eigenvalue weighted by molar-refractivity contribution is -0.141. The monoisotopic (exact) mass is 388 g/mol. The molecule has 1 rings (SSSR count). The van der Waals surface area contributed by atoms with Crippen molar-refractivity contribution in [2.75, 3.05) is 18.8 Å². The second-order valence-corrected chi connectivity index (χ2v) is 7.15. The van der Waals surface area contributed by atoms with Crippen LogP contribution in [0, 0.1) is 5.92 Å². The molecule has 3 amide bonds. The van der Waals surface area contributed by atoms with Gasteiger partial charge in [-0.05, 0) is 25.2 Å². The predicted molar refractivity (Wildman–Crippen MR) is 98.6 cm³/mol. The maximum absolute atomic E-state index is 12.5. The fourth-order valence-corrected chi connectivity index (χ4v) is 3.13. The van der Waals surface area contributed by atoms with Gasteiger partial charge in [-0.25, -0.2) is 0 Å². The number of nitrogens with two attached hydrogens (primary N) is 1. The van der Waals surface area contributed by atoms with Crippen LogP contribution in [0.25, 0.3) is 0 Å². The van der Waals surface area contributed by atoms with Crippen molar-refractivity contribution in [3.63, 3.8) is 0 Å². The molecule has 0 aliphatic carbocycles. The van der Waals surface area contributed by atoms with E-state index in [9.17, 15) is 19.2 Å². The lowest BCUT2D eigenvalue weighted by atomic mass is 10.0. The number of carboxylic acid groups (broad SMARTS) is 1. The van der Waals surface area contributed by atoms with Gasteiger partial charge in [0.15, 0.2) is 0 Å². The summed E-state index contributed by atoms with van der Waals surface area (Å²) in [6.45, 7) is 3.83. The molecule has 1 fully saturated rings. The van der Waals surface area contributed by atoms with Crippen LogP contribution in [0.4, 0.5) is 0 Å². The molecule has 0 aromatic heterocycles.